The van der Waals surface area contributed by atoms with Gasteiger partial charge in [0.05, 0.1) is 13.7 Å². The largest absolute Gasteiger partial charge is 0.493 e. The number of carbonyl (C=O) groups excluding carboxylic acids is 1. The van der Waals surface area contributed by atoms with Crippen molar-refractivity contribution in [3.63, 3.8) is 0 Å². The van der Waals surface area contributed by atoms with Gasteiger partial charge in [-0.1, -0.05) is 30.3 Å². The van der Waals surface area contributed by atoms with E-state index in [1.807, 2.05) is 55.6 Å². The number of nitrogens with one attached hydrogen (secondary N) is 2. The van der Waals surface area contributed by atoms with Crippen LogP contribution in [0.25, 0.3) is 16.6 Å². The van der Waals surface area contributed by atoms with Gasteiger partial charge in [-0.3, -0.25) is 14.0 Å². The molecule has 5 aromatic rings. The second-order valence-corrected chi connectivity index (χ2v) is 8.30. The van der Waals surface area contributed by atoms with E-state index in [4.69, 9.17) is 9.47 Å². The van der Waals surface area contributed by atoms with Crippen LogP contribution in [0.1, 0.15) is 34.3 Å². The van der Waals surface area contributed by atoms with E-state index in [1.165, 1.54) is 10.6 Å². The first-order chi connectivity index (χ1) is 17.6. The molecule has 0 saturated carbocycles. The monoisotopic (exact) mass is 482 g/mol. The summed E-state index contributed by atoms with van der Waals surface area (Å²) in [4.78, 5) is 33.6. The number of amides is 1. The smallest absolute Gasteiger partial charge is 0.270 e. The third-order valence-electron chi connectivity index (χ3n) is 6.21. The Morgan fingerprint density at radius 3 is 2.78 bits per heavy atom. The molecule has 0 fully saturated rings. The van der Waals surface area contributed by atoms with E-state index in [-0.39, 0.29) is 18.0 Å². The van der Waals surface area contributed by atoms with Crippen molar-refractivity contribution in [2.75, 3.05) is 20.3 Å². The molecule has 182 valence electrons. The molecule has 0 bridgehead atoms. The number of pyridine rings is 1. The Balaban J connectivity index is 1.51. The number of rotatable bonds is 8. The maximum Gasteiger partial charge on any atom is 0.270 e. The zero-order valence-electron chi connectivity index (χ0n) is 20.0. The molecule has 0 aliphatic heterocycles. The lowest BCUT2D eigenvalue weighted by atomic mass is 9.90. The first-order valence-electron chi connectivity index (χ1n) is 11.7. The predicted octanol–water partition coefficient (Wildman–Crippen LogP) is 4.15. The van der Waals surface area contributed by atoms with Crippen LogP contribution in [0.4, 0.5) is 0 Å². The highest BCUT2D eigenvalue weighted by Gasteiger charge is 2.22. The van der Waals surface area contributed by atoms with E-state index in [9.17, 15) is 9.59 Å². The van der Waals surface area contributed by atoms with Gasteiger partial charge in [0, 0.05) is 42.0 Å². The molecule has 8 nitrogen and oxygen atoms in total. The molecule has 0 saturated heterocycles. The van der Waals surface area contributed by atoms with Gasteiger partial charge >= 0.3 is 0 Å². The standard InChI is InChI=1S/C28H26N4O4/c1-3-36-24-12-11-18(14-25(24)35-2)20(21-16-29-23-9-5-4-8-19(21)23)15-31-27(33)22-17-30-26-10-6-7-13-32(26)28(22)34/h4-14,16-17,20,29H,3,15H2,1-2H3,(H,31,33). The molecule has 36 heavy (non-hydrogen) atoms. The molecule has 0 aliphatic carbocycles. The summed E-state index contributed by atoms with van der Waals surface area (Å²) in [6.45, 7) is 2.70. The minimum absolute atomic E-state index is 0.0133. The van der Waals surface area contributed by atoms with Crippen molar-refractivity contribution in [1.29, 1.82) is 0 Å². The van der Waals surface area contributed by atoms with Crippen LogP contribution in [0.3, 0.4) is 0 Å². The van der Waals surface area contributed by atoms with Crippen LogP contribution in [0.2, 0.25) is 0 Å². The SMILES string of the molecule is CCOc1ccc(C(CNC(=O)c2cnc3ccccn3c2=O)c2c[nH]c3ccccc23)cc1OC. The van der Waals surface area contributed by atoms with Crippen molar-refractivity contribution in [2.45, 2.75) is 12.8 Å². The van der Waals surface area contributed by atoms with E-state index in [0.717, 1.165) is 22.0 Å². The molecule has 1 amide bonds. The number of aromatic amines is 1. The van der Waals surface area contributed by atoms with Gasteiger partial charge in [0.25, 0.3) is 11.5 Å². The fraction of sp³-hybridized carbons (Fsp3) is 0.179. The molecule has 5 rings (SSSR count). The van der Waals surface area contributed by atoms with Crippen LogP contribution in [0.5, 0.6) is 11.5 Å². The van der Waals surface area contributed by atoms with E-state index in [0.29, 0.717) is 23.8 Å². The van der Waals surface area contributed by atoms with Crippen molar-refractivity contribution < 1.29 is 14.3 Å². The first-order valence-corrected chi connectivity index (χ1v) is 11.7. The second kappa shape index (κ2) is 9.95. The average molecular weight is 483 g/mol. The van der Waals surface area contributed by atoms with E-state index < -0.39 is 11.5 Å². The van der Waals surface area contributed by atoms with Crippen LogP contribution in [0, 0.1) is 0 Å². The Kier molecular flexibility index (Phi) is 6.40. The molecule has 2 N–H and O–H groups in total. The minimum atomic E-state index is -0.478. The number of ether oxygens (including phenoxy) is 2. The average Bonchev–Trinajstić information content (AvgIpc) is 3.34. The molecule has 0 aliphatic rings. The summed E-state index contributed by atoms with van der Waals surface area (Å²) in [5.74, 6) is 0.572. The van der Waals surface area contributed by atoms with Crippen LogP contribution in [-0.2, 0) is 0 Å². The third-order valence-corrected chi connectivity index (χ3v) is 6.21. The van der Waals surface area contributed by atoms with Crippen LogP contribution in [0.15, 0.2) is 84.0 Å². The molecule has 0 spiro atoms. The van der Waals surface area contributed by atoms with Gasteiger partial charge < -0.3 is 19.8 Å². The van der Waals surface area contributed by atoms with Gasteiger partial charge in [-0.05, 0) is 48.4 Å². The summed E-state index contributed by atoms with van der Waals surface area (Å²) in [6, 6.07) is 19.0. The summed E-state index contributed by atoms with van der Waals surface area (Å²) >= 11 is 0. The summed E-state index contributed by atoms with van der Waals surface area (Å²) in [5, 5.41) is 4.01. The highest BCUT2D eigenvalue weighted by atomic mass is 16.5. The molecule has 1 unspecified atom stereocenters. The van der Waals surface area contributed by atoms with Crippen molar-refractivity contribution in [1.82, 2.24) is 19.7 Å². The molecule has 3 aromatic heterocycles. The number of hydrogen-bond acceptors (Lipinski definition) is 5. The zero-order chi connectivity index (χ0) is 25.1. The molecular formula is C28H26N4O4. The van der Waals surface area contributed by atoms with Gasteiger partial charge in [-0.25, -0.2) is 4.98 Å². The highest BCUT2D eigenvalue weighted by Crippen LogP contribution is 2.35. The molecule has 0 radical (unpaired) electrons. The Hall–Kier alpha value is -4.59. The lowest BCUT2D eigenvalue weighted by Crippen LogP contribution is -2.34. The number of hydrogen-bond donors (Lipinski definition) is 2. The topological polar surface area (TPSA) is 97.7 Å². The van der Waals surface area contributed by atoms with E-state index in [1.54, 1.807) is 31.5 Å². The Bertz CT molecular complexity index is 1600. The summed E-state index contributed by atoms with van der Waals surface area (Å²) in [6.07, 6.45) is 4.88. The summed E-state index contributed by atoms with van der Waals surface area (Å²) in [7, 11) is 1.60. The lowest BCUT2D eigenvalue weighted by Gasteiger charge is -2.20. The Morgan fingerprint density at radius 2 is 1.94 bits per heavy atom. The normalized spacial score (nSPS) is 11.9. The summed E-state index contributed by atoms with van der Waals surface area (Å²) < 4.78 is 12.6. The number of benzene rings is 2. The second-order valence-electron chi connectivity index (χ2n) is 8.30. The van der Waals surface area contributed by atoms with Crippen molar-refractivity contribution in [3.05, 3.63) is 106 Å². The van der Waals surface area contributed by atoms with Gasteiger partial charge in [0.2, 0.25) is 0 Å². The van der Waals surface area contributed by atoms with Gasteiger partial charge in [0.15, 0.2) is 11.5 Å². The quantitative estimate of drug-likeness (QED) is 0.346. The zero-order valence-corrected chi connectivity index (χ0v) is 20.0. The molecule has 1 atom stereocenters. The minimum Gasteiger partial charge on any atom is -0.493 e. The van der Waals surface area contributed by atoms with E-state index >= 15 is 0 Å². The number of nitrogens with zero attached hydrogens (tertiary/aromatic N) is 2. The van der Waals surface area contributed by atoms with Crippen LogP contribution in [-0.4, -0.2) is 40.5 Å². The van der Waals surface area contributed by atoms with Crippen LogP contribution < -0.4 is 20.3 Å². The number of fused-ring (bicyclic) bond motifs is 2. The van der Waals surface area contributed by atoms with Crippen molar-refractivity contribution in [3.8, 4) is 11.5 Å². The summed E-state index contributed by atoms with van der Waals surface area (Å²) in [5.41, 5.74) is 3.01. The fourth-order valence-electron chi connectivity index (χ4n) is 4.44. The Morgan fingerprint density at radius 1 is 1.11 bits per heavy atom. The number of H-pyrrole nitrogens is 1. The van der Waals surface area contributed by atoms with Crippen LogP contribution >= 0.6 is 0 Å². The first kappa shape index (κ1) is 23.2. The highest BCUT2D eigenvalue weighted by molar-refractivity contribution is 5.94. The third kappa shape index (κ3) is 4.29. The van der Waals surface area contributed by atoms with Gasteiger partial charge in [0.1, 0.15) is 11.2 Å². The molecule has 2 aromatic carbocycles. The lowest BCUT2D eigenvalue weighted by molar-refractivity contribution is 0.0950. The Labute approximate surface area is 207 Å². The maximum atomic E-state index is 13.1. The van der Waals surface area contributed by atoms with Crippen molar-refractivity contribution >= 4 is 22.5 Å². The number of methoxy groups -OCH3 is 1. The number of para-hydroxylation sites is 1. The van der Waals surface area contributed by atoms with Gasteiger partial charge in [-0.15, -0.1) is 0 Å². The number of carbonyl (C=O) groups is 1. The fourth-order valence-corrected chi connectivity index (χ4v) is 4.44. The predicted molar refractivity (Wildman–Crippen MR) is 138 cm³/mol. The number of aromatic nitrogens is 3. The molecule has 8 heteroatoms. The van der Waals surface area contributed by atoms with Crippen molar-refractivity contribution in [2.24, 2.45) is 0 Å². The maximum absolute atomic E-state index is 13.1. The van der Waals surface area contributed by atoms with Gasteiger partial charge in [-0.2, -0.15) is 0 Å². The molecule has 3 heterocycles. The molecular weight excluding hydrogens is 456 g/mol. The van der Waals surface area contributed by atoms with E-state index in [2.05, 4.69) is 15.3 Å².